The standard InChI is InChI=1S/C24H19FN4O/c1-15-21(23(30)27-18-13-11-17(25)12-14-18)22(16-7-3-2-4-8-16)29-20-10-6-5-9-19(20)28-24(29)26-15/h2-14,22H,1H3,(H,26,28)(H,27,30)/t22-/m0/s1. The first kappa shape index (κ1) is 18.1. The van der Waals surface area contributed by atoms with Crippen LogP contribution in [0, 0.1) is 5.82 Å². The van der Waals surface area contributed by atoms with Gasteiger partial charge >= 0.3 is 0 Å². The Bertz CT molecular complexity index is 1280. The molecule has 4 aromatic rings. The van der Waals surface area contributed by atoms with Crippen molar-refractivity contribution in [1.29, 1.82) is 0 Å². The number of para-hydroxylation sites is 2. The molecular formula is C24H19FN4O. The summed E-state index contributed by atoms with van der Waals surface area (Å²) in [7, 11) is 0. The van der Waals surface area contributed by atoms with Crippen LogP contribution in [0.3, 0.4) is 0 Å². The number of anilines is 2. The molecular weight excluding hydrogens is 379 g/mol. The lowest BCUT2D eigenvalue weighted by atomic mass is 9.94. The molecule has 0 saturated carbocycles. The predicted octanol–water partition coefficient (Wildman–Crippen LogP) is 5.10. The molecule has 2 N–H and O–H groups in total. The van der Waals surface area contributed by atoms with Crippen LogP contribution < -0.4 is 10.6 Å². The van der Waals surface area contributed by atoms with E-state index in [0.717, 1.165) is 22.3 Å². The maximum Gasteiger partial charge on any atom is 0.255 e. The Hall–Kier alpha value is -3.93. The number of amides is 1. The molecule has 5 rings (SSSR count). The second kappa shape index (κ2) is 7.15. The number of carbonyl (C=O) groups is 1. The highest BCUT2D eigenvalue weighted by atomic mass is 19.1. The molecule has 1 amide bonds. The highest BCUT2D eigenvalue weighted by molar-refractivity contribution is 6.06. The van der Waals surface area contributed by atoms with Gasteiger partial charge in [-0.2, -0.15) is 0 Å². The van der Waals surface area contributed by atoms with Crippen LogP contribution in [0.4, 0.5) is 16.0 Å². The summed E-state index contributed by atoms with van der Waals surface area (Å²) in [6.07, 6.45) is 0. The largest absolute Gasteiger partial charge is 0.329 e. The molecule has 5 nitrogen and oxygen atoms in total. The van der Waals surface area contributed by atoms with Gasteiger partial charge in [0.2, 0.25) is 5.95 Å². The Morgan fingerprint density at radius 3 is 2.47 bits per heavy atom. The van der Waals surface area contributed by atoms with Gasteiger partial charge in [0.25, 0.3) is 5.91 Å². The molecule has 0 spiro atoms. The number of rotatable bonds is 3. The fourth-order valence-corrected chi connectivity index (χ4v) is 3.94. The summed E-state index contributed by atoms with van der Waals surface area (Å²) < 4.78 is 15.3. The zero-order valence-electron chi connectivity index (χ0n) is 16.3. The van der Waals surface area contributed by atoms with Gasteiger partial charge in [-0.05, 0) is 48.9 Å². The number of benzene rings is 3. The minimum atomic E-state index is -0.352. The summed E-state index contributed by atoms with van der Waals surface area (Å²) in [5.41, 5.74) is 4.62. The molecule has 1 aliphatic heterocycles. The Kier molecular flexibility index (Phi) is 4.32. The second-order valence-electron chi connectivity index (χ2n) is 7.23. The van der Waals surface area contributed by atoms with Crippen LogP contribution in [-0.4, -0.2) is 15.5 Å². The first-order valence-electron chi connectivity index (χ1n) is 9.68. The van der Waals surface area contributed by atoms with E-state index in [1.165, 1.54) is 12.1 Å². The number of nitrogens with zero attached hydrogens (tertiary/aromatic N) is 2. The maximum absolute atomic E-state index is 13.4. The number of hydrogen-bond acceptors (Lipinski definition) is 3. The summed E-state index contributed by atoms with van der Waals surface area (Å²) >= 11 is 0. The van der Waals surface area contributed by atoms with E-state index in [2.05, 4.69) is 15.2 Å². The zero-order valence-corrected chi connectivity index (χ0v) is 16.3. The number of allylic oxidation sites excluding steroid dienone is 1. The van der Waals surface area contributed by atoms with E-state index in [-0.39, 0.29) is 17.8 Å². The third kappa shape index (κ3) is 3.03. The van der Waals surface area contributed by atoms with E-state index in [1.54, 1.807) is 12.1 Å². The normalized spacial score (nSPS) is 15.6. The molecule has 148 valence electrons. The molecule has 30 heavy (non-hydrogen) atoms. The van der Waals surface area contributed by atoms with Crippen molar-refractivity contribution in [3.05, 3.63) is 102 Å². The van der Waals surface area contributed by atoms with E-state index in [0.29, 0.717) is 17.2 Å². The monoisotopic (exact) mass is 398 g/mol. The summed E-state index contributed by atoms with van der Waals surface area (Å²) in [6.45, 7) is 1.87. The molecule has 0 aliphatic carbocycles. The number of imidazole rings is 1. The molecule has 3 aromatic carbocycles. The van der Waals surface area contributed by atoms with Crippen LogP contribution in [0.5, 0.6) is 0 Å². The van der Waals surface area contributed by atoms with Gasteiger partial charge in [-0.3, -0.25) is 9.36 Å². The number of hydrogen-bond donors (Lipinski definition) is 2. The fourth-order valence-electron chi connectivity index (χ4n) is 3.94. The van der Waals surface area contributed by atoms with E-state index in [1.807, 2.05) is 61.5 Å². The Balaban J connectivity index is 1.65. The average Bonchev–Trinajstić information content (AvgIpc) is 3.12. The average molecular weight is 398 g/mol. The quantitative estimate of drug-likeness (QED) is 0.505. The van der Waals surface area contributed by atoms with Crippen LogP contribution in [0.1, 0.15) is 18.5 Å². The molecule has 1 aliphatic rings. The van der Waals surface area contributed by atoms with Gasteiger partial charge in [-0.15, -0.1) is 0 Å². The molecule has 1 aromatic heterocycles. The Morgan fingerprint density at radius 1 is 1.00 bits per heavy atom. The highest BCUT2D eigenvalue weighted by Crippen LogP contribution is 2.39. The van der Waals surface area contributed by atoms with Gasteiger partial charge in [0.15, 0.2) is 0 Å². The lowest BCUT2D eigenvalue weighted by Gasteiger charge is -2.30. The van der Waals surface area contributed by atoms with Gasteiger partial charge in [0.05, 0.1) is 22.6 Å². The maximum atomic E-state index is 13.4. The Morgan fingerprint density at radius 2 is 1.70 bits per heavy atom. The van der Waals surface area contributed by atoms with E-state index in [4.69, 9.17) is 4.98 Å². The molecule has 0 saturated heterocycles. The zero-order chi connectivity index (χ0) is 20.7. The van der Waals surface area contributed by atoms with Crippen molar-refractivity contribution in [2.45, 2.75) is 13.0 Å². The Labute approximate surface area is 172 Å². The SMILES string of the molecule is CC1=C(C(=O)Nc2ccc(F)cc2)[C@H](c2ccccc2)n2c(nc3ccccc32)N1. The van der Waals surface area contributed by atoms with E-state index < -0.39 is 0 Å². The summed E-state index contributed by atoms with van der Waals surface area (Å²) in [5.74, 6) is 0.101. The van der Waals surface area contributed by atoms with Crippen molar-refractivity contribution in [3.8, 4) is 0 Å². The smallest absolute Gasteiger partial charge is 0.255 e. The topological polar surface area (TPSA) is 59.0 Å². The van der Waals surface area contributed by atoms with Gasteiger partial charge in [-0.25, -0.2) is 9.37 Å². The predicted molar refractivity (Wildman–Crippen MR) is 116 cm³/mol. The molecule has 1 atom stereocenters. The van der Waals surface area contributed by atoms with Gasteiger partial charge in [0.1, 0.15) is 5.82 Å². The third-order valence-electron chi connectivity index (χ3n) is 5.29. The van der Waals surface area contributed by atoms with E-state index >= 15 is 0 Å². The number of aromatic nitrogens is 2. The van der Waals surface area contributed by atoms with Crippen molar-refractivity contribution in [2.24, 2.45) is 0 Å². The molecule has 0 unspecified atom stereocenters. The van der Waals surface area contributed by atoms with Crippen LogP contribution in [-0.2, 0) is 4.79 Å². The van der Waals surface area contributed by atoms with Gasteiger partial charge in [-0.1, -0.05) is 42.5 Å². The van der Waals surface area contributed by atoms with E-state index in [9.17, 15) is 9.18 Å². The lowest BCUT2D eigenvalue weighted by Crippen LogP contribution is -2.30. The molecule has 0 radical (unpaired) electrons. The van der Waals surface area contributed by atoms with Crippen LogP contribution >= 0.6 is 0 Å². The van der Waals surface area contributed by atoms with Crippen molar-refractivity contribution in [1.82, 2.24) is 9.55 Å². The molecule has 0 fully saturated rings. The van der Waals surface area contributed by atoms with Crippen LogP contribution in [0.15, 0.2) is 90.1 Å². The first-order chi connectivity index (χ1) is 14.6. The van der Waals surface area contributed by atoms with Crippen molar-refractivity contribution < 1.29 is 9.18 Å². The molecule has 2 heterocycles. The minimum absolute atomic E-state index is 0.246. The van der Waals surface area contributed by atoms with Crippen LogP contribution in [0.25, 0.3) is 11.0 Å². The summed E-state index contributed by atoms with van der Waals surface area (Å²) in [4.78, 5) is 18.1. The first-order valence-corrected chi connectivity index (χ1v) is 9.68. The third-order valence-corrected chi connectivity index (χ3v) is 5.29. The van der Waals surface area contributed by atoms with Crippen molar-refractivity contribution in [2.75, 3.05) is 10.6 Å². The van der Waals surface area contributed by atoms with Crippen LogP contribution in [0.2, 0.25) is 0 Å². The molecule has 0 bridgehead atoms. The van der Waals surface area contributed by atoms with Crippen molar-refractivity contribution in [3.63, 3.8) is 0 Å². The lowest BCUT2D eigenvalue weighted by molar-refractivity contribution is -0.113. The molecule has 6 heteroatoms. The van der Waals surface area contributed by atoms with Crippen molar-refractivity contribution >= 4 is 28.6 Å². The van der Waals surface area contributed by atoms with Gasteiger partial charge < -0.3 is 10.6 Å². The van der Waals surface area contributed by atoms with Gasteiger partial charge in [0, 0.05) is 11.4 Å². The highest BCUT2D eigenvalue weighted by Gasteiger charge is 2.33. The number of carbonyl (C=O) groups excluding carboxylic acids is 1. The fraction of sp³-hybridized carbons (Fsp3) is 0.0833. The minimum Gasteiger partial charge on any atom is -0.329 e. The number of nitrogens with one attached hydrogen (secondary N) is 2. The second-order valence-corrected chi connectivity index (χ2v) is 7.23. The summed E-state index contributed by atoms with van der Waals surface area (Å²) in [5, 5.41) is 6.19. The summed E-state index contributed by atoms with van der Waals surface area (Å²) in [6, 6.07) is 23.1. The number of halogens is 1. The number of fused-ring (bicyclic) bond motifs is 3.